The maximum Gasteiger partial charge on any atom is 0.249 e. The Balaban J connectivity index is 2.00. The molecule has 0 spiro atoms. The molecule has 7 heteroatoms. The molecule has 1 saturated heterocycles. The van der Waals surface area contributed by atoms with Crippen molar-refractivity contribution in [3.63, 3.8) is 0 Å². The number of amides is 2. The molecule has 1 aliphatic heterocycles. The van der Waals surface area contributed by atoms with E-state index in [0.29, 0.717) is 36.2 Å². The van der Waals surface area contributed by atoms with E-state index < -0.39 is 0 Å². The second kappa shape index (κ2) is 8.17. The number of nitrogens with zero attached hydrogens (tertiary/aromatic N) is 1. The van der Waals surface area contributed by atoms with Crippen molar-refractivity contribution in [1.82, 2.24) is 5.32 Å². The van der Waals surface area contributed by atoms with Crippen LogP contribution in [0.2, 0.25) is 5.02 Å². The van der Waals surface area contributed by atoms with Gasteiger partial charge in [0, 0.05) is 31.6 Å². The molecule has 1 aliphatic rings. The van der Waals surface area contributed by atoms with E-state index in [2.05, 4.69) is 5.32 Å². The molecule has 126 valence electrons. The average Bonchev–Trinajstić information content (AvgIpc) is 3.05. The predicted molar refractivity (Wildman–Crippen MR) is 88.0 cm³/mol. The number of hydrogen-bond donors (Lipinski definition) is 1. The van der Waals surface area contributed by atoms with Gasteiger partial charge in [-0.3, -0.25) is 9.59 Å². The summed E-state index contributed by atoms with van der Waals surface area (Å²) in [5, 5.41) is 3.31. The first-order valence-electron chi connectivity index (χ1n) is 7.54. The van der Waals surface area contributed by atoms with Crippen molar-refractivity contribution in [1.29, 1.82) is 0 Å². The van der Waals surface area contributed by atoms with Crippen LogP contribution in [-0.4, -0.2) is 44.7 Å². The van der Waals surface area contributed by atoms with Crippen molar-refractivity contribution in [3.8, 4) is 5.75 Å². The van der Waals surface area contributed by atoms with Crippen LogP contribution in [-0.2, 0) is 14.3 Å². The Kier molecular flexibility index (Phi) is 6.24. The smallest absolute Gasteiger partial charge is 0.249 e. The van der Waals surface area contributed by atoms with Gasteiger partial charge in [0.05, 0.1) is 12.8 Å². The van der Waals surface area contributed by atoms with Crippen LogP contribution in [0.25, 0.3) is 0 Å². The highest BCUT2D eigenvalue weighted by Crippen LogP contribution is 2.31. The van der Waals surface area contributed by atoms with Crippen molar-refractivity contribution in [2.45, 2.75) is 25.9 Å². The van der Waals surface area contributed by atoms with Gasteiger partial charge in [0.25, 0.3) is 0 Å². The zero-order valence-electron chi connectivity index (χ0n) is 13.3. The molecule has 0 bridgehead atoms. The quantitative estimate of drug-likeness (QED) is 0.860. The number of nitrogens with one attached hydrogen (secondary N) is 1. The number of anilines is 1. The van der Waals surface area contributed by atoms with E-state index in [1.807, 2.05) is 0 Å². The van der Waals surface area contributed by atoms with Gasteiger partial charge in [-0.2, -0.15) is 0 Å². The molecule has 1 fully saturated rings. The Hall–Kier alpha value is -1.79. The van der Waals surface area contributed by atoms with Crippen molar-refractivity contribution in [2.24, 2.45) is 0 Å². The largest absolute Gasteiger partial charge is 0.495 e. The topological polar surface area (TPSA) is 67.9 Å². The van der Waals surface area contributed by atoms with E-state index in [1.165, 1.54) is 18.9 Å². The maximum atomic E-state index is 11.9. The van der Waals surface area contributed by atoms with Crippen molar-refractivity contribution >= 4 is 29.1 Å². The molecule has 1 unspecified atom stereocenters. The normalized spacial score (nSPS) is 16.9. The van der Waals surface area contributed by atoms with E-state index in [1.54, 1.807) is 18.2 Å². The number of methoxy groups -OCH3 is 1. The molecule has 23 heavy (non-hydrogen) atoms. The van der Waals surface area contributed by atoms with Crippen molar-refractivity contribution < 1.29 is 19.1 Å². The summed E-state index contributed by atoms with van der Waals surface area (Å²) in [7, 11) is 1.53. The van der Waals surface area contributed by atoms with Gasteiger partial charge in [-0.1, -0.05) is 11.6 Å². The Morgan fingerprint density at radius 2 is 2.26 bits per heavy atom. The molecule has 0 radical (unpaired) electrons. The molecule has 0 aliphatic carbocycles. The third kappa shape index (κ3) is 4.59. The fourth-order valence-corrected chi connectivity index (χ4v) is 2.68. The maximum absolute atomic E-state index is 11.9. The second-order valence-electron chi connectivity index (χ2n) is 5.28. The Bertz CT molecular complexity index is 573. The lowest BCUT2D eigenvalue weighted by Crippen LogP contribution is -2.41. The molecule has 1 atom stereocenters. The van der Waals surface area contributed by atoms with Gasteiger partial charge in [-0.05, 0) is 31.0 Å². The van der Waals surface area contributed by atoms with Gasteiger partial charge in [0.2, 0.25) is 11.8 Å². The number of ether oxygens (including phenoxy) is 2. The lowest BCUT2D eigenvalue weighted by Gasteiger charge is -2.24. The number of carbonyl (C=O) groups excluding carboxylic acids is 2. The van der Waals surface area contributed by atoms with E-state index in [9.17, 15) is 9.59 Å². The monoisotopic (exact) mass is 340 g/mol. The SMILES string of the molecule is COc1ccc(Cl)cc1N(CCNC(=O)C1CCCO1)C(C)=O. The van der Waals surface area contributed by atoms with Crippen LogP contribution in [0.1, 0.15) is 19.8 Å². The highest BCUT2D eigenvalue weighted by Gasteiger charge is 2.23. The lowest BCUT2D eigenvalue weighted by molar-refractivity contribution is -0.130. The van der Waals surface area contributed by atoms with Crippen molar-refractivity contribution in [3.05, 3.63) is 23.2 Å². The molecule has 2 amide bonds. The number of hydrogen-bond acceptors (Lipinski definition) is 4. The second-order valence-corrected chi connectivity index (χ2v) is 5.72. The zero-order valence-corrected chi connectivity index (χ0v) is 14.1. The molecular formula is C16H21ClN2O4. The fraction of sp³-hybridized carbons (Fsp3) is 0.500. The lowest BCUT2D eigenvalue weighted by atomic mass is 10.2. The first kappa shape index (κ1) is 17.6. The van der Waals surface area contributed by atoms with E-state index >= 15 is 0 Å². The highest BCUT2D eigenvalue weighted by atomic mass is 35.5. The summed E-state index contributed by atoms with van der Waals surface area (Å²) < 4.78 is 10.6. The van der Waals surface area contributed by atoms with Crippen LogP contribution in [0.4, 0.5) is 5.69 Å². The van der Waals surface area contributed by atoms with Crippen LogP contribution >= 0.6 is 11.6 Å². The Morgan fingerprint density at radius 1 is 1.48 bits per heavy atom. The van der Waals surface area contributed by atoms with Gasteiger partial charge in [-0.25, -0.2) is 0 Å². The Labute approximate surface area is 140 Å². The average molecular weight is 341 g/mol. The van der Waals surface area contributed by atoms with Crippen LogP contribution in [0.3, 0.4) is 0 Å². The highest BCUT2D eigenvalue weighted by molar-refractivity contribution is 6.31. The van der Waals surface area contributed by atoms with E-state index in [4.69, 9.17) is 21.1 Å². The van der Waals surface area contributed by atoms with Crippen LogP contribution in [0.15, 0.2) is 18.2 Å². The molecule has 1 aromatic rings. The van der Waals surface area contributed by atoms with Crippen molar-refractivity contribution in [2.75, 3.05) is 31.7 Å². The van der Waals surface area contributed by atoms with Crippen LogP contribution < -0.4 is 15.0 Å². The molecule has 2 rings (SSSR count). The van der Waals surface area contributed by atoms with E-state index in [-0.39, 0.29) is 17.9 Å². The number of halogens is 1. The summed E-state index contributed by atoms with van der Waals surface area (Å²) in [4.78, 5) is 25.4. The van der Waals surface area contributed by atoms with Gasteiger partial charge in [-0.15, -0.1) is 0 Å². The molecule has 6 nitrogen and oxygen atoms in total. The number of carbonyl (C=O) groups is 2. The predicted octanol–water partition coefficient (Wildman–Crippen LogP) is 2.00. The van der Waals surface area contributed by atoms with Gasteiger partial charge < -0.3 is 19.7 Å². The molecule has 1 N–H and O–H groups in total. The minimum Gasteiger partial charge on any atom is -0.495 e. The van der Waals surface area contributed by atoms with Gasteiger partial charge in [0.1, 0.15) is 11.9 Å². The standard InChI is InChI=1S/C16H21ClN2O4/c1-11(20)19(13-10-12(17)5-6-14(13)22-2)8-7-18-16(21)15-4-3-9-23-15/h5-6,10,15H,3-4,7-9H2,1-2H3,(H,18,21). The molecular weight excluding hydrogens is 320 g/mol. The fourth-order valence-electron chi connectivity index (χ4n) is 2.51. The third-order valence-electron chi connectivity index (χ3n) is 3.67. The summed E-state index contributed by atoms with van der Waals surface area (Å²) in [5.74, 6) is 0.260. The summed E-state index contributed by atoms with van der Waals surface area (Å²) >= 11 is 6.01. The zero-order chi connectivity index (χ0) is 16.8. The summed E-state index contributed by atoms with van der Waals surface area (Å²) in [5.41, 5.74) is 0.582. The summed E-state index contributed by atoms with van der Waals surface area (Å²) in [6, 6.07) is 5.07. The van der Waals surface area contributed by atoms with Crippen LogP contribution in [0, 0.1) is 0 Å². The molecule has 0 saturated carbocycles. The minimum absolute atomic E-state index is 0.135. The first-order valence-corrected chi connectivity index (χ1v) is 7.91. The van der Waals surface area contributed by atoms with E-state index in [0.717, 1.165) is 12.8 Å². The number of benzene rings is 1. The Morgan fingerprint density at radius 3 is 2.87 bits per heavy atom. The minimum atomic E-state index is -0.374. The molecule has 0 aromatic heterocycles. The summed E-state index contributed by atoms with van der Waals surface area (Å²) in [6.45, 7) is 2.73. The van der Waals surface area contributed by atoms with Gasteiger partial charge >= 0.3 is 0 Å². The first-order chi connectivity index (χ1) is 11.0. The molecule has 1 aromatic carbocycles. The van der Waals surface area contributed by atoms with Crippen LogP contribution in [0.5, 0.6) is 5.75 Å². The number of rotatable bonds is 6. The molecule has 1 heterocycles. The van der Waals surface area contributed by atoms with Gasteiger partial charge in [0.15, 0.2) is 0 Å². The third-order valence-corrected chi connectivity index (χ3v) is 3.90. The summed E-state index contributed by atoms with van der Waals surface area (Å²) in [6.07, 6.45) is 1.27.